The van der Waals surface area contributed by atoms with Crippen LogP contribution in [0.5, 0.6) is 0 Å². The maximum Gasteiger partial charge on any atom is 0.0990 e. The summed E-state index contributed by atoms with van der Waals surface area (Å²) in [5, 5.41) is 7.54. The smallest absolute Gasteiger partial charge is 0.0990 e. The third-order valence-corrected chi connectivity index (χ3v) is 1.14. The molecule has 0 aliphatic carbocycles. The molecule has 0 radical (unpaired) electrons. The molecule has 1 heterocycles. The second kappa shape index (κ2) is 5.36. The van der Waals surface area contributed by atoms with E-state index in [2.05, 4.69) is 19.6 Å². The highest BCUT2D eigenvalue weighted by molar-refractivity contribution is 7.26. The van der Waals surface area contributed by atoms with Gasteiger partial charge in [0.1, 0.15) is 0 Å². The normalized spacial score (nSPS) is 8.40. The number of aromatic nitrogens is 3. The van der Waals surface area contributed by atoms with E-state index in [0.717, 1.165) is 12.0 Å². The van der Waals surface area contributed by atoms with Crippen LogP contribution in [0.1, 0.15) is 20.8 Å². The zero-order valence-corrected chi connectivity index (χ0v) is 7.86. The third kappa shape index (κ3) is 2.92. The van der Waals surface area contributed by atoms with Crippen molar-refractivity contribution in [3.8, 4) is 0 Å². The van der Waals surface area contributed by atoms with Crippen LogP contribution in [0.3, 0.4) is 0 Å². The van der Waals surface area contributed by atoms with E-state index in [9.17, 15) is 0 Å². The predicted octanol–water partition coefficient (Wildman–Crippen LogP) is 0.825. The van der Waals surface area contributed by atoms with Crippen molar-refractivity contribution in [2.24, 2.45) is 0 Å². The lowest BCUT2D eigenvalue weighted by Crippen LogP contribution is -1.93. The molecule has 10 heavy (non-hydrogen) atoms. The van der Waals surface area contributed by atoms with Gasteiger partial charge in [0.25, 0.3) is 0 Å². The first kappa shape index (κ1) is 9.57. The van der Waals surface area contributed by atoms with E-state index >= 15 is 0 Å². The quantitative estimate of drug-likeness (QED) is 0.568. The van der Waals surface area contributed by atoms with Gasteiger partial charge in [-0.15, -0.1) is 5.10 Å². The molecule has 0 saturated carbocycles. The Labute approximate surface area is 64.0 Å². The highest BCUT2D eigenvalue weighted by Gasteiger charge is 1.88. The van der Waals surface area contributed by atoms with E-state index in [1.165, 1.54) is 0 Å². The fourth-order valence-electron chi connectivity index (χ4n) is 0.468. The topological polar surface area (TPSA) is 30.7 Å². The molecule has 0 bridgehead atoms. The summed E-state index contributed by atoms with van der Waals surface area (Å²) in [6, 6.07) is 0. The summed E-state index contributed by atoms with van der Waals surface area (Å²) in [4.78, 5) is 0. The maximum atomic E-state index is 3.78. The molecule has 0 N–H and O–H groups in total. The lowest BCUT2D eigenvalue weighted by molar-refractivity contribution is 0.627. The van der Waals surface area contributed by atoms with E-state index in [1.807, 2.05) is 27.0 Å². The van der Waals surface area contributed by atoms with Crippen LogP contribution in [-0.4, -0.2) is 15.0 Å². The fourth-order valence-corrected chi connectivity index (χ4v) is 0.692. The van der Waals surface area contributed by atoms with Crippen molar-refractivity contribution in [1.82, 2.24) is 15.0 Å². The lowest BCUT2D eigenvalue weighted by Gasteiger charge is -1.85. The molecule has 1 atom stereocenters. The SMILES string of the molecule is CC.CCn1cc(P)nn1. The Morgan fingerprint density at radius 3 is 2.40 bits per heavy atom. The van der Waals surface area contributed by atoms with E-state index in [0.29, 0.717) is 0 Å². The van der Waals surface area contributed by atoms with Crippen LogP contribution in [0.15, 0.2) is 6.20 Å². The second-order valence-electron chi connectivity index (χ2n) is 1.50. The van der Waals surface area contributed by atoms with Gasteiger partial charge in [-0.1, -0.05) is 28.3 Å². The van der Waals surface area contributed by atoms with Crippen molar-refractivity contribution in [3.63, 3.8) is 0 Å². The highest BCUT2D eigenvalue weighted by Crippen LogP contribution is 1.81. The molecule has 58 valence electrons. The molecule has 3 nitrogen and oxygen atoms in total. The van der Waals surface area contributed by atoms with Crippen LogP contribution < -0.4 is 5.44 Å². The predicted molar refractivity (Wildman–Crippen MR) is 46.4 cm³/mol. The number of nitrogens with zero attached hydrogens (tertiary/aromatic N) is 3. The van der Waals surface area contributed by atoms with E-state index < -0.39 is 0 Å². The van der Waals surface area contributed by atoms with Gasteiger partial charge in [0.15, 0.2) is 0 Å². The molecule has 1 rings (SSSR count). The average molecular weight is 159 g/mol. The van der Waals surface area contributed by atoms with E-state index in [4.69, 9.17) is 0 Å². The molecule has 0 amide bonds. The standard InChI is InChI=1S/C4H8N3P.C2H6/c1-2-7-3-4(8)5-6-7;1-2/h3H,2,8H2,1H3;1-2H3. The molecule has 1 unspecified atom stereocenters. The molecular weight excluding hydrogens is 145 g/mol. The summed E-state index contributed by atoms with van der Waals surface area (Å²) < 4.78 is 1.78. The third-order valence-electron chi connectivity index (χ3n) is 0.880. The summed E-state index contributed by atoms with van der Waals surface area (Å²) in [5.41, 5.74) is 0.895. The van der Waals surface area contributed by atoms with Gasteiger partial charge in [-0.25, -0.2) is 0 Å². The van der Waals surface area contributed by atoms with Crippen molar-refractivity contribution in [3.05, 3.63) is 6.20 Å². The van der Waals surface area contributed by atoms with Crippen LogP contribution in [0.25, 0.3) is 0 Å². The Kier molecular flexibility index (Phi) is 5.13. The molecule has 4 heteroatoms. The molecular formula is C6H14N3P. The first-order valence-corrected chi connectivity index (χ1v) is 4.06. The number of rotatable bonds is 1. The maximum absolute atomic E-state index is 3.78. The van der Waals surface area contributed by atoms with Gasteiger partial charge in [-0.05, 0) is 6.92 Å². The Hall–Kier alpha value is -0.430. The van der Waals surface area contributed by atoms with Gasteiger partial charge in [0.05, 0.1) is 11.6 Å². The Balaban J connectivity index is 0.000000371. The largest absolute Gasteiger partial charge is 0.252 e. The summed E-state index contributed by atoms with van der Waals surface area (Å²) in [6.45, 7) is 6.92. The van der Waals surface area contributed by atoms with E-state index in [1.54, 1.807) is 4.68 Å². The van der Waals surface area contributed by atoms with Crippen LogP contribution in [0.4, 0.5) is 0 Å². The van der Waals surface area contributed by atoms with Crippen LogP contribution in [0, 0.1) is 0 Å². The summed E-state index contributed by atoms with van der Waals surface area (Å²) in [5.74, 6) is 0. The summed E-state index contributed by atoms with van der Waals surface area (Å²) >= 11 is 0. The molecule has 0 saturated heterocycles. The fraction of sp³-hybridized carbons (Fsp3) is 0.667. The van der Waals surface area contributed by atoms with Crippen molar-refractivity contribution < 1.29 is 0 Å². The van der Waals surface area contributed by atoms with Gasteiger partial charge in [0.2, 0.25) is 0 Å². The highest BCUT2D eigenvalue weighted by atomic mass is 31.0. The minimum absolute atomic E-state index is 0.890. The van der Waals surface area contributed by atoms with Crippen LogP contribution in [-0.2, 0) is 6.54 Å². The van der Waals surface area contributed by atoms with Gasteiger partial charge in [-0.2, -0.15) is 0 Å². The molecule has 0 spiro atoms. The number of hydrogen-bond acceptors (Lipinski definition) is 2. The van der Waals surface area contributed by atoms with E-state index in [-0.39, 0.29) is 0 Å². The van der Waals surface area contributed by atoms with Crippen LogP contribution in [0.2, 0.25) is 0 Å². The minimum atomic E-state index is 0.890. The Morgan fingerprint density at radius 1 is 1.60 bits per heavy atom. The Bertz CT molecular complexity index is 173. The zero-order chi connectivity index (χ0) is 7.98. The van der Waals surface area contributed by atoms with Crippen LogP contribution >= 0.6 is 9.24 Å². The van der Waals surface area contributed by atoms with Gasteiger partial charge >= 0.3 is 0 Å². The molecule has 0 aliphatic heterocycles. The lowest BCUT2D eigenvalue weighted by atomic mass is 10.7. The molecule has 1 aromatic heterocycles. The minimum Gasteiger partial charge on any atom is -0.252 e. The van der Waals surface area contributed by atoms with Crippen molar-refractivity contribution in [1.29, 1.82) is 0 Å². The van der Waals surface area contributed by atoms with Crippen molar-refractivity contribution in [2.75, 3.05) is 0 Å². The number of hydrogen-bond donors (Lipinski definition) is 0. The van der Waals surface area contributed by atoms with Crippen molar-refractivity contribution >= 4 is 14.7 Å². The Morgan fingerprint density at radius 2 is 2.20 bits per heavy atom. The zero-order valence-electron chi connectivity index (χ0n) is 6.70. The van der Waals surface area contributed by atoms with Gasteiger partial charge in [0, 0.05) is 6.54 Å². The number of aryl methyl sites for hydroxylation is 1. The summed E-state index contributed by atoms with van der Waals surface area (Å²) in [7, 11) is 2.48. The van der Waals surface area contributed by atoms with Gasteiger partial charge in [-0.3, -0.25) is 4.68 Å². The first-order valence-electron chi connectivity index (χ1n) is 3.48. The molecule has 0 aromatic carbocycles. The average Bonchev–Trinajstić information content (AvgIpc) is 2.40. The van der Waals surface area contributed by atoms with Gasteiger partial charge < -0.3 is 0 Å². The monoisotopic (exact) mass is 159 g/mol. The van der Waals surface area contributed by atoms with Crippen molar-refractivity contribution in [2.45, 2.75) is 27.3 Å². The second-order valence-corrected chi connectivity index (χ2v) is 2.09. The summed E-state index contributed by atoms with van der Waals surface area (Å²) in [6.07, 6.45) is 1.88. The molecule has 0 fully saturated rings. The molecule has 0 aliphatic rings. The first-order chi connectivity index (χ1) is 4.83. The molecule has 1 aromatic rings.